The zero-order chi connectivity index (χ0) is 20.9. The highest BCUT2D eigenvalue weighted by molar-refractivity contribution is 7.97. The van der Waals surface area contributed by atoms with Gasteiger partial charge in [-0.15, -0.1) is 0 Å². The van der Waals surface area contributed by atoms with Gasteiger partial charge in [0.1, 0.15) is 0 Å². The van der Waals surface area contributed by atoms with Crippen molar-refractivity contribution in [1.29, 1.82) is 0 Å². The van der Waals surface area contributed by atoms with E-state index in [-0.39, 0.29) is 24.4 Å². The lowest BCUT2D eigenvalue weighted by Crippen LogP contribution is -2.34. The second-order valence-corrected chi connectivity index (χ2v) is 8.05. The van der Waals surface area contributed by atoms with E-state index in [0.717, 1.165) is 42.5 Å². The van der Waals surface area contributed by atoms with Gasteiger partial charge in [0.05, 0.1) is 11.6 Å². The molecule has 0 saturated carbocycles. The van der Waals surface area contributed by atoms with Crippen LogP contribution in [-0.4, -0.2) is 11.9 Å². The molecule has 2 aromatic carbocycles. The van der Waals surface area contributed by atoms with Crippen LogP contribution in [0.3, 0.4) is 0 Å². The Bertz CT molecular complexity index is 868. The first-order valence-electron chi connectivity index (χ1n) is 9.42. The molecule has 3 rings (SSSR count). The lowest BCUT2D eigenvalue weighted by Gasteiger charge is -2.20. The summed E-state index contributed by atoms with van der Waals surface area (Å²) in [6, 6.07) is 14.3. The minimum absolute atomic E-state index is 0.0510. The number of benzene rings is 2. The number of amides is 1. The van der Waals surface area contributed by atoms with Gasteiger partial charge in [-0.1, -0.05) is 48.0 Å². The number of halogens is 3. The van der Waals surface area contributed by atoms with E-state index in [1.54, 1.807) is 6.07 Å². The number of alkyl halides is 3. The summed E-state index contributed by atoms with van der Waals surface area (Å²) in [6.07, 6.45) is -0.238. The van der Waals surface area contributed by atoms with Crippen LogP contribution < -0.4 is 10.0 Å². The molecular formula is C22H23F3N2OS. The van der Waals surface area contributed by atoms with Crippen LogP contribution in [0.2, 0.25) is 0 Å². The van der Waals surface area contributed by atoms with Gasteiger partial charge in [0.2, 0.25) is 5.91 Å². The minimum Gasteiger partial charge on any atom is -0.350 e. The molecule has 154 valence electrons. The number of allylic oxidation sites excluding steroid dienone is 1. The molecule has 1 amide bonds. The lowest BCUT2D eigenvalue weighted by molar-refractivity contribution is -0.137. The standard InChI is InChI=1S/C22H23F3N2OS/c1-15-10-11-18(12-15)26-21(28)14-20(16-6-3-2-4-7-16)27-29-19-9-5-8-17(13-19)22(23,24)25/h2-9,12-13,18,20,27H,10-11,14H2,1H3,(H,26,28)/t18-,20-/m1/s1. The molecule has 0 heterocycles. The van der Waals surface area contributed by atoms with Gasteiger partial charge in [-0.05, 0) is 55.5 Å². The number of rotatable bonds is 7. The van der Waals surface area contributed by atoms with E-state index in [1.165, 1.54) is 11.6 Å². The molecule has 0 saturated heterocycles. The first-order chi connectivity index (χ1) is 13.8. The van der Waals surface area contributed by atoms with Crippen molar-refractivity contribution in [1.82, 2.24) is 10.0 Å². The molecule has 0 spiro atoms. The summed E-state index contributed by atoms with van der Waals surface area (Å²) in [6.45, 7) is 2.05. The van der Waals surface area contributed by atoms with Crippen LogP contribution in [-0.2, 0) is 11.0 Å². The smallest absolute Gasteiger partial charge is 0.350 e. The molecule has 0 fully saturated rings. The van der Waals surface area contributed by atoms with Crippen LogP contribution >= 0.6 is 11.9 Å². The Kier molecular flexibility index (Phi) is 7.03. The summed E-state index contributed by atoms with van der Waals surface area (Å²) in [5.41, 5.74) is 1.48. The van der Waals surface area contributed by atoms with Crippen molar-refractivity contribution in [2.75, 3.05) is 0 Å². The maximum atomic E-state index is 12.9. The van der Waals surface area contributed by atoms with Gasteiger partial charge in [-0.25, -0.2) is 0 Å². The Morgan fingerprint density at radius 1 is 1.17 bits per heavy atom. The molecule has 0 aliphatic heterocycles. The van der Waals surface area contributed by atoms with Crippen molar-refractivity contribution < 1.29 is 18.0 Å². The lowest BCUT2D eigenvalue weighted by atomic mass is 10.0. The predicted octanol–water partition coefficient (Wildman–Crippen LogP) is 5.66. The minimum atomic E-state index is -4.39. The van der Waals surface area contributed by atoms with Crippen LogP contribution in [0, 0.1) is 0 Å². The van der Waals surface area contributed by atoms with Gasteiger partial charge >= 0.3 is 6.18 Å². The second-order valence-electron chi connectivity index (χ2n) is 7.14. The van der Waals surface area contributed by atoms with E-state index < -0.39 is 11.7 Å². The van der Waals surface area contributed by atoms with E-state index >= 15 is 0 Å². The first kappa shape index (κ1) is 21.5. The maximum Gasteiger partial charge on any atom is 0.416 e. The summed E-state index contributed by atoms with van der Waals surface area (Å²) in [5, 5.41) is 3.02. The third-order valence-corrected chi connectivity index (χ3v) is 5.65. The van der Waals surface area contributed by atoms with E-state index in [1.807, 2.05) is 37.3 Å². The Hall–Kier alpha value is -2.25. The number of nitrogens with one attached hydrogen (secondary N) is 2. The van der Waals surface area contributed by atoms with E-state index in [4.69, 9.17) is 0 Å². The van der Waals surface area contributed by atoms with Gasteiger partial charge in [0.15, 0.2) is 0 Å². The highest BCUT2D eigenvalue weighted by Crippen LogP contribution is 2.32. The molecule has 0 aromatic heterocycles. The number of carbonyl (C=O) groups is 1. The van der Waals surface area contributed by atoms with Crippen LogP contribution in [0.1, 0.15) is 43.4 Å². The summed E-state index contributed by atoms with van der Waals surface area (Å²) >= 11 is 1.10. The number of hydrogen-bond donors (Lipinski definition) is 2. The molecule has 2 aromatic rings. The topological polar surface area (TPSA) is 41.1 Å². The van der Waals surface area contributed by atoms with Crippen molar-refractivity contribution in [2.45, 2.75) is 49.3 Å². The van der Waals surface area contributed by atoms with Gasteiger partial charge < -0.3 is 5.32 Å². The fourth-order valence-electron chi connectivity index (χ4n) is 3.25. The molecule has 2 N–H and O–H groups in total. The Morgan fingerprint density at radius 3 is 2.59 bits per heavy atom. The molecule has 29 heavy (non-hydrogen) atoms. The van der Waals surface area contributed by atoms with Gasteiger partial charge in [0.25, 0.3) is 0 Å². The monoisotopic (exact) mass is 420 g/mol. The molecule has 1 aliphatic rings. The van der Waals surface area contributed by atoms with E-state index in [9.17, 15) is 18.0 Å². The quantitative estimate of drug-likeness (QED) is 0.449. The van der Waals surface area contributed by atoms with Gasteiger partial charge in [-0.3, -0.25) is 9.52 Å². The number of hydrogen-bond acceptors (Lipinski definition) is 3. The summed E-state index contributed by atoms with van der Waals surface area (Å²) in [4.78, 5) is 13.0. The molecule has 7 heteroatoms. The fraction of sp³-hybridized carbons (Fsp3) is 0.318. The molecular weight excluding hydrogens is 397 g/mol. The summed E-state index contributed by atoms with van der Waals surface area (Å²) in [7, 11) is 0. The average molecular weight is 421 g/mol. The predicted molar refractivity (Wildman–Crippen MR) is 109 cm³/mol. The molecule has 3 nitrogen and oxygen atoms in total. The van der Waals surface area contributed by atoms with Crippen molar-refractivity contribution >= 4 is 17.9 Å². The largest absolute Gasteiger partial charge is 0.416 e. The molecule has 0 unspecified atom stereocenters. The second kappa shape index (κ2) is 9.50. The normalized spacial score (nSPS) is 17.7. The van der Waals surface area contributed by atoms with Crippen LogP contribution in [0.25, 0.3) is 0 Å². The zero-order valence-electron chi connectivity index (χ0n) is 16.0. The Balaban J connectivity index is 1.67. The third kappa shape index (κ3) is 6.37. The molecule has 2 atom stereocenters. The fourth-order valence-corrected chi connectivity index (χ4v) is 4.08. The van der Waals surface area contributed by atoms with E-state index in [2.05, 4.69) is 16.1 Å². The molecule has 0 bridgehead atoms. The molecule has 1 aliphatic carbocycles. The van der Waals surface area contributed by atoms with Crippen LogP contribution in [0.5, 0.6) is 0 Å². The van der Waals surface area contributed by atoms with Crippen molar-refractivity contribution in [3.05, 3.63) is 77.4 Å². The highest BCUT2D eigenvalue weighted by atomic mass is 32.2. The summed E-state index contributed by atoms with van der Waals surface area (Å²) in [5.74, 6) is -0.0908. The third-order valence-electron chi connectivity index (χ3n) is 4.75. The van der Waals surface area contributed by atoms with Crippen molar-refractivity contribution in [3.8, 4) is 0 Å². The Morgan fingerprint density at radius 2 is 1.93 bits per heavy atom. The summed E-state index contributed by atoms with van der Waals surface area (Å²) < 4.78 is 42.0. The van der Waals surface area contributed by atoms with Crippen LogP contribution in [0.15, 0.2) is 71.1 Å². The van der Waals surface area contributed by atoms with Crippen LogP contribution in [0.4, 0.5) is 13.2 Å². The van der Waals surface area contributed by atoms with Gasteiger partial charge in [-0.2, -0.15) is 13.2 Å². The highest BCUT2D eigenvalue weighted by Gasteiger charge is 2.30. The first-order valence-corrected chi connectivity index (χ1v) is 10.2. The zero-order valence-corrected chi connectivity index (χ0v) is 16.8. The number of carbonyl (C=O) groups excluding carboxylic acids is 1. The van der Waals surface area contributed by atoms with Gasteiger partial charge in [0, 0.05) is 17.4 Å². The SMILES string of the molecule is CC1=C[C@H](NC(=O)C[C@@H](NSc2cccc(C(F)(F)F)c2)c2ccccc2)CC1. The maximum absolute atomic E-state index is 12.9. The van der Waals surface area contributed by atoms with Crippen molar-refractivity contribution in [3.63, 3.8) is 0 Å². The van der Waals surface area contributed by atoms with E-state index in [0.29, 0.717) is 4.90 Å². The Labute approximate surface area is 172 Å². The van der Waals surface area contributed by atoms with Crippen molar-refractivity contribution in [2.24, 2.45) is 0 Å². The average Bonchev–Trinajstić information content (AvgIpc) is 3.10. The molecule has 0 radical (unpaired) electrons.